The smallest absolute Gasteiger partial charge is 0.406 e. The van der Waals surface area contributed by atoms with Crippen molar-refractivity contribution >= 4 is 17.6 Å². The molecule has 1 N–H and O–H groups in total. The van der Waals surface area contributed by atoms with Gasteiger partial charge in [0.15, 0.2) is 0 Å². The molecule has 0 aliphatic carbocycles. The summed E-state index contributed by atoms with van der Waals surface area (Å²) in [6.45, 7) is 0.140. The van der Waals surface area contributed by atoms with Crippen molar-refractivity contribution in [2.45, 2.75) is 12.4 Å². The molecule has 2 aromatic carbocycles. The lowest BCUT2D eigenvalue weighted by molar-refractivity contribution is -0.274. The van der Waals surface area contributed by atoms with Gasteiger partial charge in [-0.15, -0.1) is 13.2 Å². The average molecular weight is 403 g/mol. The van der Waals surface area contributed by atoms with Crippen molar-refractivity contribution in [2.75, 3.05) is 18.5 Å². The highest BCUT2D eigenvalue weighted by Crippen LogP contribution is 2.38. The van der Waals surface area contributed by atoms with Gasteiger partial charge in [0.2, 0.25) is 0 Å². The van der Waals surface area contributed by atoms with Gasteiger partial charge in [0.05, 0.1) is 23.9 Å². The maximum absolute atomic E-state index is 13.2. The summed E-state index contributed by atoms with van der Waals surface area (Å²) in [7, 11) is 1.57. The number of nitrogens with zero attached hydrogens (tertiary/aromatic N) is 2. The molecular formula is C20H16F3N3O3. The lowest BCUT2D eigenvalue weighted by Gasteiger charge is -2.31. The number of anilines is 1. The molecule has 2 aliphatic heterocycles. The molecule has 2 aromatic rings. The van der Waals surface area contributed by atoms with E-state index < -0.39 is 12.4 Å². The van der Waals surface area contributed by atoms with Crippen molar-refractivity contribution in [3.63, 3.8) is 0 Å². The van der Waals surface area contributed by atoms with Crippen LogP contribution in [0.1, 0.15) is 11.6 Å². The minimum absolute atomic E-state index is 0.140. The average Bonchev–Trinajstić information content (AvgIpc) is 3.02. The van der Waals surface area contributed by atoms with Gasteiger partial charge in [0.1, 0.15) is 5.75 Å². The Balaban J connectivity index is 1.64. The van der Waals surface area contributed by atoms with Crippen LogP contribution in [0.5, 0.6) is 5.75 Å². The normalized spacial score (nSPS) is 19.4. The summed E-state index contributed by atoms with van der Waals surface area (Å²) in [6.07, 6.45) is -4.79. The molecule has 0 aromatic heterocycles. The highest BCUT2D eigenvalue weighted by molar-refractivity contribution is 6.11. The minimum Gasteiger partial charge on any atom is -0.406 e. The van der Waals surface area contributed by atoms with E-state index in [1.54, 1.807) is 7.05 Å². The molecule has 0 saturated carbocycles. The van der Waals surface area contributed by atoms with Gasteiger partial charge < -0.3 is 15.0 Å². The first-order valence-electron chi connectivity index (χ1n) is 8.74. The number of hydrogen-bond donors (Lipinski definition) is 1. The SMILES string of the molecule is CN1C(=O)N[C@@H](c2ccccc2)C2=C1CN(c1ccc(OC(F)(F)F)cc1)C2=O. The molecule has 0 radical (unpaired) electrons. The quantitative estimate of drug-likeness (QED) is 0.852. The molecule has 4 rings (SSSR count). The zero-order valence-corrected chi connectivity index (χ0v) is 15.2. The number of carbonyl (C=O) groups is 2. The number of hydrogen-bond acceptors (Lipinski definition) is 3. The third-order valence-electron chi connectivity index (χ3n) is 4.88. The van der Waals surface area contributed by atoms with Crippen molar-refractivity contribution in [3.05, 3.63) is 71.4 Å². The van der Waals surface area contributed by atoms with E-state index in [1.807, 2.05) is 30.3 Å². The van der Waals surface area contributed by atoms with Crippen molar-refractivity contribution in [1.29, 1.82) is 0 Å². The van der Waals surface area contributed by atoms with Gasteiger partial charge >= 0.3 is 12.4 Å². The Labute approximate surface area is 164 Å². The molecule has 2 aliphatic rings. The van der Waals surface area contributed by atoms with Crippen LogP contribution < -0.4 is 15.0 Å². The summed E-state index contributed by atoms with van der Waals surface area (Å²) in [5.41, 5.74) is 2.18. The Kier molecular flexibility index (Phi) is 4.45. The second-order valence-corrected chi connectivity index (χ2v) is 6.65. The van der Waals surface area contributed by atoms with E-state index in [0.717, 1.165) is 17.7 Å². The molecule has 0 fully saturated rings. The molecule has 150 valence electrons. The predicted octanol–water partition coefficient (Wildman–Crippen LogP) is 3.58. The fourth-order valence-electron chi connectivity index (χ4n) is 3.50. The van der Waals surface area contributed by atoms with E-state index in [2.05, 4.69) is 10.1 Å². The summed E-state index contributed by atoms with van der Waals surface area (Å²) in [4.78, 5) is 28.4. The second kappa shape index (κ2) is 6.84. The monoisotopic (exact) mass is 403 g/mol. The van der Waals surface area contributed by atoms with Gasteiger partial charge in [0, 0.05) is 12.7 Å². The molecule has 3 amide bonds. The maximum atomic E-state index is 13.2. The van der Waals surface area contributed by atoms with Gasteiger partial charge in [0.25, 0.3) is 5.91 Å². The number of ether oxygens (including phenoxy) is 1. The van der Waals surface area contributed by atoms with E-state index in [-0.39, 0.29) is 24.2 Å². The Morgan fingerprint density at radius 1 is 1.03 bits per heavy atom. The van der Waals surface area contributed by atoms with Crippen LogP contribution in [-0.4, -0.2) is 36.8 Å². The van der Waals surface area contributed by atoms with Crippen LogP contribution in [0.25, 0.3) is 0 Å². The lowest BCUT2D eigenvalue weighted by Crippen LogP contribution is -2.45. The standard InChI is InChI=1S/C20H16F3N3O3/c1-25-15-11-26(13-7-9-14(10-8-13)29-20(21,22)23)18(27)16(15)17(24-19(25)28)12-5-3-2-4-6-12/h2-10,17H,11H2,1H3,(H,24,28)/t17-/m0/s1. The molecule has 29 heavy (non-hydrogen) atoms. The number of nitrogens with one attached hydrogen (secondary N) is 1. The van der Waals surface area contributed by atoms with Crippen LogP contribution in [0.4, 0.5) is 23.7 Å². The predicted molar refractivity (Wildman–Crippen MR) is 98.0 cm³/mol. The largest absolute Gasteiger partial charge is 0.573 e. The van der Waals surface area contributed by atoms with Crippen molar-refractivity contribution in [1.82, 2.24) is 10.2 Å². The van der Waals surface area contributed by atoms with Crippen molar-refractivity contribution in [3.8, 4) is 5.75 Å². The van der Waals surface area contributed by atoms with E-state index in [0.29, 0.717) is 17.0 Å². The van der Waals surface area contributed by atoms with Crippen LogP contribution in [0.3, 0.4) is 0 Å². The van der Waals surface area contributed by atoms with Crippen LogP contribution in [0, 0.1) is 0 Å². The first kappa shape index (κ1) is 18.9. The molecule has 0 saturated heterocycles. The Morgan fingerprint density at radius 3 is 2.31 bits per heavy atom. The van der Waals surface area contributed by atoms with Crippen LogP contribution >= 0.6 is 0 Å². The summed E-state index contributed by atoms with van der Waals surface area (Å²) in [5.74, 6) is -0.688. The van der Waals surface area contributed by atoms with Gasteiger partial charge in [-0.3, -0.25) is 9.69 Å². The maximum Gasteiger partial charge on any atom is 0.573 e. The highest BCUT2D eigenvalue weighted by Gasteiger charge is 2.43. The Bertz CT molecular complexity index is 988. The number of alkyl halides is 3. The fourth-order valence-corrected chi connectivity index (χ4v) is 3.50. The molecule has 0 unspecified atom stereocenters. The van der Waals surface area contributed by atoms with E-state index in [4.69, 9.17) is 0 Å². The topological polar surface area (TPSA) is 61.9 Å². The summed E-state index contributed by atoms with van der Waals surface area (Å²) >= 11 is 0. The number of likely N-dealkylation sites (N-methyl/N-ethyl adjacent to an activating group) is 1. The summed E-state index contributed by atoms with van der Waals surface area (Å²) in [6, 6.07) is 13.2. The number of urea groups is 1. The second-order valence-electron chi connectivity index (χ2n) is 6.65. The first-order valence-corrected chi connectivity index (χ1v) is 8.74. The third-order valence-corrected chi connectivity index (χ3v) is 4.88. The molecule has 2 heterocycles. The highest BCUT2D eigenvalue weighted by atomic mass is 19.4. The fraction of sp³-hybridized carbons (Fsp3) is 0.200. The van der Waals surface area contributed by atoms with Gasteiger partial charge in [-0.1, -0.05) is 30.3 Å². The van der Waals surface area contributed by atoms with Crippen LogP contribution in [-0.2, 0) is 4.79 Å². The van der Waals surface area contributed by atoms with Crippen molar-refractivity contribution < 1.29 is 27.5 Å². The molecule has 0 bridgehead atoms. The molecule has 6 nitrogen and oxygen atoms in total. The summed E-state index contributed by atoms with van der Waals surface area (Å²) < 4.78 is 40.9. The minimum atomic E-state index is -4.79. The Hall–Kier alpha value is -3.49. The zero-order valence-electron chi connectivity index (χ0n) is 15.2. The van der Waals surface area contributed by atoms with Gasteiger partial charge in [-0.2, -0.15) is 0 Å². The van der Waals surface area contributed by atoms with Gasteiger partial charge in [-0.05, 0) is 29.8 Å². The number of carbonyl (C=O) groups excluding carboxylic acids is 2. The van der Waals surface area contributed by atoms with E-state index in [9.17, 15) is 22.8 Å². The van der Waals surface area contributed by atoms with E-state index in [1.165, 1.54) is 21.9 Å². The molecular weight excluding hydrogens is 387 g/mol. The third kappa shape index (κ3) is 3.51. The van der Waals surface area contributed by atoms with Crippen molar-refractivity contribution in [2.24, 2.45) is 0 Å². The summed E-state index contributed by atoms with van der Waals surface area (Å²) in [5, 5.41) is 2.83. The molecule has 0 spiro atoms. The first-order chi connectivity index (χ1) is 13.7. The number of rotatable bonds is 3. The molecule has 1 atom stereocenters. The Morgan fingerprint density at radius 2 is 1.69 bits per heavy atom. The number of amides is 3. The van der Waals surface area contributed by atoms with Crippen LogP contribution in [0.15, 0.2) is 65.9 Å². The van der Waals surface area contributed by atoms with Crippen LogP contribution in [0.2, 0.25) is 0 Å². The molecule has 9 heteroatoms. The van der Waals surface area contributed by atoms with Gasteiger partial charge in [-0.25, -0.2) is 4.79 Å². The zero-order chi connectivity index (χ0) is 20.8. The van der Waals surface area contributed by atoms with E-state index >= 15 is 0 Å². The number of halogens is 3. The number of benzene rings is 2. The lowest BCUT2D eigenvalue weighted by atomic mass is 9.96.